The second kappa shape index (κ2) is 7.14. The fourth-order valence-corrected chi connectivity index (χ4v) is 2.31. The fourth-order valence-electron chi connectivity index (χ4n) is 2.31. The minimum Gasteiger partial charge on any atom is -0.489 e. The maximum atomic E-state index is 11.3. The van der Waals surface area contributed by atoms with Gasteiger partial charge in [-0.3, -0.25) is 4.79 Å². The molecule has 1 N–H and O–H groups in total. The summed E-state index contributed by atoms with van der Waals surface area (Å²) in [7, 11) is 0. The Balaban J connectivity index is 1.70. The summed E-state index contributed by atoms with van der Waals surface area (Å²) in [5, 5.41) is 3.39. The van der Waals surface area contributed by atoms with Crippen molar-refractivity contribution in [1.82, 2.24) is 5.32 Å². The van der Waals surface area contributed by atoms with Crippen LogP contribution in [0.2, 0.25) is 0 Å². The molecule has 1 aliphatic heterocycles. The van der Waals surface area contributed by atoms with E-state index in [0.717, 1.165) is 25.1 Å². The molecule has 0 saturated carbocycles. The Kier molecular flexibility index (Phi) is 5.21. The van der Waals surface area contributed by atoms with Gasteiger partial charge in [-0.25, -0.2) is 0 Å². The molecule has 0 radical (unpaired) electrons. The predicted octanol–water partition coefficient (Wildman–Crippen LogP) is 2.14. The largest absolute Gasteiger partial charge is 0.489 e. The zero-order valence-corrected chi connectivity index (χ0v) is 11.3. The van der Waals surface area contributed by atoms with Gasteiger partial charge in [-0.05, 0) is 25.5 Å². The van der Waals surface area contributed by atoms with Gasteiger partial charge in [0.2, 0.25) is 0 Å². The molecule has 0 amide bonds. The van der Waals surface area contributed by atoms with Crippen molar-refractivity contribution in [3.63, 3.8) is 0 Å². The van der Waals surface area contributed by atoms with Crippen LogP contribution in [0.15, 0.2) is 30.3 Å². The molecule has 104 valence electrons. The monoisotopic (exact) mass is 263 g/mol. The Bertz CT molecular complexity index is 394. The number of hydrogen-bond acceptors (Lipinski definition) is 4. The fraction of sp³-hybridized carbons (Fsp3) is 0.533. The standard InChI is InChI=1S/C15H21NO3/c1-2-18-15(17)9-8-12-10-14(11-16-12)19-13-6-4-3-5-7-13/h3-7,12,14,16H,2,8-11H2,1H3/t12-,14-/m1/s1. The number of carbonyl (C=O) groups excluding carboxylic acids is 1. The Hall–Kier alpha value is -1.55. The van der Waals surface area contributed by atoms with E-state index in [0.29, 0.717) is 19.1 Å². The number of benzene rings is 1. The highest BCUT2D eigenvalue weighted by Crippen LogP contribution is 2.18. The average Bonchev–Trinajstić information content (AvgIpc) is 2.86. The van der Waals surface area contributed by atoms with Crippen LogP contribution in [0.4, 0.5) is 0 Å². The lowest BCUT2D eigenvalue weighted by atomic mass is 10.1. The van der Waals surface area contributed by atoms with E-state index in [2.05, 4.69) is 5.32 Å². The lowest BCUT2D eigenvalue weighted by Crippen LogP contribution is -2.23. The average molecular weight is 263 g/mol. The lowest BCUT2D eigenvalue weighted by molar-refractivity contribution is -0.143. The van der Waals surface area contributed by atoms with Crippen LogP contribution in [0.3, 0.4) is 0 Å². The van der Waals surface area contributed by atoms with E-state index < -0.39 is 0 Å². The Morgan fingerprint density at radius 3 is 2.89 bits per heavy atom. The van der Waals surface area contributed by atoms with Crippen LogP contribution in [0.5, 0.6) is 5.75 Å². The minimum absolute atomic E-state index is 0.114. The maximum Gasteiger partial charge on any atom is 0.305 e. The molecule has 2 rings (SSSR count). The lowest BCUT2D eigenvalue weighted by Gasteiger charge is -2.13. The summed E-state index contributed by atoms with van der Waals surface area (Å²) in [4.78, 5) is 11.3. The van der Waals surface area contributed by atoms with Gasteiger partial charge >= 0.3 is 5.97 Å². The van der Waals surface area contributed by atoms with E-state index in [1.807, 2.05) is 37.3 Å². The molecule has 4 nitrogen and oxygen atoms in total. The zero-order chi connectivity index (χ0) is 13.5. The van der Waals surface area contributed by atoms with E-state index in [4.69, 9.17) is 9.47 Å². The summed E-state index contributed by atoms with van der Waals surface area (Å²) in [6, 6.07) is 10.2. The van der Waals surface area contributed by atoms with Crippen molar-refractivity contribution in [2.75, 3.05) is 13.2 Å². The third-order valence-electron chi connectivity index (χ3n) is 3.23. The first kappa shape index (κ1) is 13.9. The maximum absolute atomic E-state index is 11.3. The highest BCUT2D eigenvalue weighted by molar-refractivity contribution is 5.69. The van der Waals surface area contributed by atoms with Crippen LogP contribution < -0.4 is 10.1 Å². The molecule has 0 unspecified atom stereocenters. The highest BCUT2D eigenvalue weighted by Gasteiger charge is 2.25. The van der Waals surface area contributed by atoms with Gasteiger partial charge in [-0.15, -0.1) is 0 Å². The molecule has 1 aliphatic rings. The molecule has 1 heterocycles. The molecule has 1 aromatic carbocycles. The van der Waals surface area contributed by atoms with Crippen molar-refractivity contribution >= 4 is 5.97 Å². The molecule has 1 fully saturated rings. The Morgan fingerprint density at radius 1 is 1.37 bits per heavy atom. The molecular formula is C15H21NO3. The molecule has 0 aromatic heterocycles. The number of hydrogen-bond donors (Lipinski definition) is 1. The van der Waals surface area contributed by atoms with Crippen molar-refractivity contribution in [2.24, 2.45) is 0 Å². The van der Waals surface area contributed by atoms with E-state index in [1.54, 1.807) is 0 Å². The number of esters is 1. The van der Waals surface area contributed by atoms with Crippen molar-refractivity contribution in [1.29, 1.82) is 0 Å². The molecular weight excluding hydrogens is 242 g/mol. The third-order valence-corrected chi connectivity index (χ3v) is 3.23. The van der Waals surface area contributed by atoms with Crippen LogP contribution >= 0.6 is 0 Å². The van der Waals surface area contributed by atoms with E-state index in [1.165, 1.54) is 0 Å². The first-order valence-electron chi connectivity index (χ1n) is 6.88. The highest BCUT2D eigenvalue weighted by atomic mass is 16.5. The van der Waals surface area contributed by atoms with Gasteiger partial charge in [0.25, 0.3) is 0 Å². The van der Waals surface area contributed by atoms with Gasteiger partial charge in [0.05, 0.1) is 6.61 Å². The molecule has 1 saturated heterocycles. The van der Waals surface area contributed by atoms with Crippen LogP contribution in [-0.4, -0.2) is 31.3 Å². The molecule has 4 heteroatoms. The van der Waals surface area contributed by atoms with Crippen LogP contribution in [-0.2, 0) is 9.53 Å². The second-order valence-corrected chi connectivity index (χ2v) is 4.74. The van der Waals surface area contributed by atoms with Gasteiger partial charge in [-0.2, -0.15) is 0 Å². The van der Waals surface area contributed by atoms with E-state index in [-0.39, 0.29) is 12.1 Å². The number of carbonyl (C=O) groups is 1. The Morgan fingerprint density at radius 2 is 2.16 bits per heavy atom. The molecule has 1 aromatic rings. The van der Waals surface area contributed by atoms with Crippen molar-refractivity contribution in [2.45, 2.75) is 38.3 Å². The van der Waals surface area contributed by atoms with Gasteiger partial charge in [0.15, 0.2) is 0 Å². The number of ether oxygens (including phenoxy) is 2. The number of nitrogens with one attached hydrogen (secondary N) is 1. The van der Waals surface area contributed by atoms with Crippen molar-refractivity contribution in [3.8, 4) is 5.75 Å². The van der Waals surface area contributed by atoms with E-state index >= 15 is 0 Å². The first-order chi connectivity index (χ1) is 9.28. The minimum atomic E-state index is -0.114. The number of para-hydroxylation sites is 1. The first-order valence-corrected chi connectivity index (χ1v) is 6.88. The summed E-state index contributed by atoms with van der Waals surface area (Å²) in [5.74, 6) is 0.789. The van der Waals surface area contributed by atoms with Crippen molar-refractivity contribution < 1.29 is 14.3 Å². The predicted molar refractivity (Wildman–Crippen MR) is 73.1 cm³/mol. The van der Waals surface area contributed by atoms with Gasteiger partial charge in [0.1, 0.15) is 11.9 Å². The summed E-state index contributed by atoms with van der Waals surface area (Å²) in [5.41, 5.74) is 0. The SMILES string of the molecule is CCOC(=O)CC[C@@H]1C[C@@H](Oc2ccccc2)CN1. The van der Waals surface area contributed by atoms with Crippen LogP contribution in [0.25, 0.3) is 0 Å². The second-order valence-electron chi connectivity index (χ2n) is 4.74. The molecule has 0 bridgehead atoms. The zero-order valence-electron chi connectivity index (χ0n) is 11.3. The molecule has 2 atom stereocenters. The van der Waals surface area contributed by atoms with Gasteiger partial charge < -0.3 is 14.8 Å². The summed E-state index contributed by atoms with van der Waals surface area (Å²) >= 11 is 0. The normalized spacial score (nSPS) is 22.2. The quantitative estimate of drug-likeness (QED) is 0.799. The third kappa shape index (κ3) is 4.56. The van der Waals surface area contributed by atoms with E-state index in [9.17, 15) is 4.79 Å². The molecule has 0 aliphatic carbocycles. The summed E-state index contributed by atoms with van der Waals surface area (Å²) in [6.07, 6.45) is 2.42. The summed E-state index contributed by atoms with van der Waals surface area (Å²) in [6.45, 7) is 3.12. The summed E-state index contributed by atoms with van der Waals surface area (Å²) < 4.78 is 10.8. The van der Waals surface area contributed by atoms with Gasteiger partial charge in [0, 0.05) is 25.4 Å². The molecule has 19 heavy (non-hydrogen) atoms. The van der Waals surface area contributed by atoms with Gasteiger partial charge in [-0.1, -0.05) is 18.2 Å². The van der Waals surface area contributed by atoms with Crippen LogP contribution in [0, 0.1) is 0 Å². The smallest absolute Gasteiger partial charge is 0.305 e. The molecule has 0 spiro atoms. The topological polar surface area (TPSA) is 47.6 Å². The van der Waals surface area contributed by atoms with Crippen molar-refractivity contribution in [3.05, 3.63) is 30.3 Å². The number of rotatable bonds is 6. The Labute approximate surface area is 114 Å². The van der Waals surface area contributed by atoms with Crippen LogP contribution in [0.1, 0.15) is 26.2 Å².